The fourth-order valence-corrected chi connectivity index (χ4v) is 5.42. The van der Waals surface area contributed by atoms with Gasteiger partial charge in [0.1, 0.15) is 17.9 Å². The molecule has 2 fully saturated rings. The van der Waals surface area contributed by atoms with Crippen molar-refractivity contribution in [1.82, 2.24) is 29.7 Å². The molecule has 2 saturated heterocycles. The maximum Gasteiger partial charge on any atom is 0.291 e. The van der Waals surface area contributed by atoms with Gasteiger partial charge in [0.05, 0.1) is 5.69 Å². The second-order valence-corrected chi connectivity index (χ2v) is 9.76. The summed E-state index contributed by atoms with van der Waals surface area (Å²) in [6.45, 7) is 7.01. The van der Waals surface area contributed by atoms with Crippen LogP contribution in [-0.2, 0) is 4.79 Å². The Bertz CT molecular complexity index is 1180. The van der Waals surface area contributed by atoms with E-state index in [4.69, 9.17) is 9.63 Å². The van der Waals surface area contributed by atoms with Crippen molar-refractivity contribution in [3.63, 3.8) is 0 Å². The van der Waals surface area contributed by atoms with E-state index >= 15 is 0 Å². The Morgan fingerprint density at radius 1 is 1.20 bits per heavy atom. The van der Waals surface area contributed by atoms with Gasteiger partial charge in [-0.25, -0.2) is 4.39 Å². The average Bonchev–Trinajstić information content (AvgIpc) is 3.54. The van der Waals surface area contributed by atoms with E-state index in [9.17, 15) is 9.18 Å². The first kappa shape index (κ1) is 23.9. The number of hydrogen-bond acceptors (Lipinski definition) is 7. The molecule has 3 aromatic rings. The topological polar surface area (TPSA) is 101 Å². The number of rotatable bonds is 6. The third kappa shape index (κ3) is 4.56. The molecule has 1 amide bonds. The highest BCUT2D eigenvalue weighted by molar-refractivity contribution is 5.84. The van der Waals surface area contributed by atoms with Crippen molar-refractivity contribution in [3.8, 4) is 5.95 Å². The number of aliphatic hydroxyl groups excluding tert-OH is 1. The van der Waals surface area contributed by atoms with Gasteiger partial charge in [0, 0.05) is 36.4 Å². The number of halogens is 1. The molecule has 2 aliphatic heterocycles. The summed E-state index contributed by atoms with van der Waals surface area (Å²) < 4.78 is 21.9. The van der Waals surface area contributed by atoms with Gasteiger partial charge in [0.25, 0.3) is 5.95 Å². The fraction of sp³-hybridized carbons (Fsp3) is 0.600. The zero-order valence-corrected chi connectivity index (χ0v) is 20.4. The molecule has 1 aromatic carbocycles. The van der Waals surface area contributed by atoms with Crippen molar-refractivity contribution < 1.29 is 18.8 Å². The highest BCUT2D eigenvalue weighted by Crippen LogP contribution is 2.32. The van der Waals surface area contributed by atoms with Crippen molar-refractivity contribution in [2.24, 2.45) is 0 Å². The summed E-state index contributed by atoms with van der Waals surface area (Å²) in [5.74, 6) is 0.654. The number of fused-ring (bicyclic) bond motifs is 1. The van der Waals surface area contributed by atoms with Crippen LogP contribution in [0.3, 0.4) is 0 Å². The number of nitrogens with zero attached hydrogens (tertiary/aromatic N) is 6. The minimum atomic E-state index is -0.415. The molecule has 0 aliphatic carbocycles. The maximum absolute atomic E-state index is 14.8. The molecule has 0 bridgehead atoms. The first-order valence-electron chi connectivity index (χ1n) is 12.6. The molecule has 1 atom stereocenters. The van der Waals surface area contributed by atoms with Crippen LogP contribution in [0.15, 0.2) is 22.7 Å². The second kappa shape index (κ2) is 10.0. The summed E-state index contributed by atoms with van der Waals surface area (Å²) in [4.78, 5) is 20.6. The van der Waals surface area contributed by atoms with E-state index < -0.39 is 6.61 Å². The SMILES string of the molecule is CCC(C)c1nn(-c2noc(C3CCN(C4CCN(C(=O)CO)CC4)CC3)n2)c2c(F)cccc12. The highest BCUT2D eigenvalue weighted by Gasteiger charge is 2.32. The number of carbonyl (C=O) groups is 1. The van der Waals surface area contributed by atoms with E-state index in [0.29, 0.717) is 30.5 Å². The molecular weight excluding hydrogens is 451 g/mol. The maximum atomic E-state index is 14.8. The Morgan fingerprint density at radius 2 is 1.94 bits per heavy atom. The third-order valence-corrected chi connectivity index (χ3v) is 7.73. The van der Waals surface area contributed by atoms with Gasteiger partial charge < -0.3 is 19.4 Å². The minimum absolute atomic E-state index is 0.157. The van der Waals surface area contributed by atoms with Crippen molar-refractivity contribution >= 4 is 16.8 Å². The number of aromatic nitrogens is 4. The van der Waals surface area contributed by atoms with Crippen LogP contribution in [0.1, 0.15) is 69.4 Å². The van der Waals surface area contributed by atoms with Crippen LogP contribution in [0, 0.1) is 5.82 Å². The number of carbonyl (C=O) groups excluding carboxylic acids is 1. The van der Waals surface area contributed by atoms with E-state index in [1.54, 1.807) is 11.0 Å². The third-order valence-electron chi connectivity index (χ3n) is 7.73. The number of para-hydroxylation sites is 1. The van der Waals surface area contributed by atoms with E-state index in [2.05, 4.69) is 34.0 Å². The molecule has 0 spiro atoms. The Morgan fingerprint density at radius 3 is 2.63 bits per heavy atom. The molecule has 1 unspecified atom stereocenters. The molecule has 2 aliphatic rings. The molecule has 35 heavy (non-hydrogen) atoms. The molecule has 2 aromatic heterocycles. The lowest BCUT2D eigenvalue weighted by atomic mass is 9.93. The van der Waals surface area contributed by atoms with Crippen molar-refractivity contribution in [2.45, 2.75) is 63.8 Å². The number of piperidine rings is 2. The van der Waals surface area contributed by atoms with Gasteiger partial charge in [-0.2, -0.15) is 14.8 Å². The molecule has 9 nitrogen and oxygen atoms in total. The van der Waals surface area contributed by atoms with Crippen LogP contribution in [0.25, 0.3) is 16.9 Å². The monoisotopic (exact) mass is 484 g/mol. The zero-order valence-electron chi connectivity index (χ0n) is 20.4. The Kier molecular flexibility index (Phi) is 6.84. The lowest BCUT2D eigenvalue weighted by Gasteiger charge is -2.41. The largest absolute Gasteiger partial charge is 0.387 e. The molecule has 1 N–H and O–H groups in total. The van der Waals surface area contributed by atoms with Gasteiger partial charge in [-0.15, -0.1) is 0 Å². The highest BCUT2D eigenvalue weighted by atomic mass is 19.1. The summed E-state index contributed by atoms with van der Waals surface area (Å²) in [7, 11) is 0. The van der Waals surface area contributed by atoms with Crippen molar-refractivity contribution in [1.29, 1.82) is 0 Å². The number of hydrogen-bond donors (Lipinski definition) is 1. The summed E-state index contributed by atoms with van der Waals surface area (Å²) in [6.07, 6.45) is 4.57. The summed E-state index contributed by atoms with van der Waals surface area (Å²) >= 11 is 0. The predicted molar refractivity (Wildman–Crippen MR) is 128 cm³/mol. The van der Waals surface area contributed by atoms with Crippen molar-refractivity contribution in [3.05, 3.63) is 35.6 Å². The van der Waals surface area contributed by atoms with Gasteiger partial charge >= 0.3 is 0 Å². The van der Waals surface area contributed by atoms with E-state index in [0.717, 1.165) is 56.3 Å². The molecule has 4 heterocycles. The van der Waals surface area contributed by atoms with Crippen LogP contribution < -0.4 is 0 Å². The lowest BCUT2D eigenvalue weighted by molar-refractivity contribution is -0.135. The number of likely N-dealkylation sites (tertiary alicyclic amines) is 2. The molecule has 5 rings (SSSR count). The van der Waals surface area contributed by atoms with Gasteiger partial charge in [-0.1, -0.05) is 26.0 Å². The van der Waals surface area contributed by atoms with Gasteiger partial charge in [-0.05, 0) is 56.4 Å². The van der Waals surface area contributed by atoms with Crippen LogP contribution in [-0.4, -0.2) is 79.6 Å². The average molecular weight is 485 g/mol. The van der Waals surface area contributed by atoms with Gasteiger partial charge in [-0.3, -0.25) is 4.79 Å². The van der Waals surface area contributed by atoms with E-state index in [-0.39, 0.29) is 29.5 Å². The van der Waals surface area contributed by atoms with Crippen LogP contribution in [0.4, 0.5) is 4.39 Å². The molecule has 188 valence electrons. The molecular formula is C25H33FN6O3. The first-order chi connectivity index (χ1) is 17.0. The van der Waals surface area contributed by atoms with Crippen LogP contribution in [0.2, 0.25) is 0 Å². The zero-order chi connectivity index (χ0) is 24.5. The first-order valence-corrected chi connectivity index (χ1v) is 12.6. The van der Waals surface area contributed by atoms with Gasteiger partial charge in [0.2, 0.25) is 11.8 Å². The quantitative estimate of drug-likeness (QED) is 0.573. The van der Waals surface area contributed by atoms with Crippen LogP contribution in [0.5, 0.6) is 0 Å². The van der Waals surface area contributed by atoms with Gasteiger partial charge in [0.15, 0.2) is 0 Å². The standard InChI is InChI=1S/C25H33FN6O3/c1-3-16(2)22-19-5-4-6-20(26)23(19)32(28-22)25-27-24(35-29-25)17-7-11-30(12-8-17)18-9-13-31(14-10-18)21(34)15-33/h4-6,16-18,33H,3,7-15H2,1-2H3. The van der Waals surface area contributed by atoms with Crippen LogP contribution >= 0.6 is 0 Å². The number of benzene rings is 1. The Balaban J connectivity index is 1.27. The second-order valence-electron chi connectivity index (χ2n) is 9.76. The van der Waals surface area contributed by atoms with E-state index in [1.165, 1.54) is 10.7 Å². The van der Waals surface area contributed by atoms with Crippen molar-refractivity contribution in [2.75, 3.05) is 32.8 Å². The van der Waals surface area contributed by atoms with E-state index in [1.807, 2.05) is 6.07 Å². The Labute approximate surface area is 203 Å². The summed E-state index contributed by atoms with van der Waals surface area (Å²) in [5.41, 5.74) is 1.23. The number of aliphatic hydroxyl groups is 1. The summed E-state index contributed by atoms with van der Waals surface area (Å²) in [6, 6.07) is 5.49. The summed E-state index contributed by atoms with van der Waals surface area (Å²) in [5, 5.41) is 18.7. The lowest BCUT2D eigenvalue weighted by Crippen LogP contribution is -2.49. The normalized spacial score (nSPS) is 19.5. The smallest absolute Gasteiger partial charge is 0.291 e. The Hall–Kier alpha value is -2.85. The predicted octanol–water partition coefficient (Wildman–Crippen LogP) is 3.22. The minimum Gasteiger partial charge on any atom is -0.387 e. The number of amides is 1. The molecule has 0 radical (unpaired) electrons. The molecule has 10 heteroatoms. The molecule has 0 saturated carbocycles. The fourth-order valence-electron chi connectivity index (χ4n) is 5.42.